The molecule has 8 heteroatoms. The molecule has 1 amide bonds. The number of piperidine rings is 1. The molecule has 1 fully saturated rings. The van der Waals surface area contributed by atoms with Crippen LogP contribution in [0.4, 0.5) is 9.18 Å². The molecular weight excluding hydrogens is 399 g/mol. The monoisotopic (exact) mass is 424 g/mol. The Morgan fingerprint density at radius 2 is 2.00 bits per heavy atom. The second-order valence-electron chi connectivity index (χ2n) is 8.20. The molecule has 162 valence electrons. The quantitative estimate of drug-likeness (QED) is 0.597. The van der Waals surface area contributed by atoms with Gasteiger partial charge in [-0.1, -0.05) is 12.1 Å². The molecule has 31 heavy (non-hydrogen) atoms. The van der Waals surface area contributed by atoms with Gasteiger partial charge >= 0.3 is 6.09 Å². The number of pyridine rings is 1. The molecule has 2 aliphatic heterocycles. The number of hydrogen-bond acceptors (Lipinski definition) is 5. The zero-order chi connectivity index (χ0) is 21.4. The van der Waals surface area contributed by atoms with E-state index in [1.807, 2.05) is 10.5 Å². The predicted octanol–water partition coefficient (Wildman–Crippen LogP) is 3.63. The van der Waals surface area contributed by atoms with Crippen LogP contribution in [-0.4, -0.2) is 45.8 Å². The minimum Gasteiger partial charge on any atom is -0.453 e. The van der Waals surface area contributed by atoms with Gasteiger partial charge in [0.1, 0.15) is 12.1 Å². The van der Waals surface area contributed by atoms with E-state index in [1.54, 1.807) is 17.3 Å². The van der Waals surface area contributed by atoms with E-state index in [2.05, 4.69) is 16.3 Å². The maximum atomic E-state index is 14.4. The third-order valence-electron chi connectivity index (χ3n) is 6.51. The van der Waals surface area contributed by atoms with E-state index >= 15 is 0 Å². The van der Waals surface area contributed by atoms with Crippen LogP contribution in [0.5, 0.6) is 0 Å². The molecule has 2 aromatic heterocycles. The lowest BCUT2D eigenvalue weighted by Crippen LogP contribution is -2.37. The third-order valence-corrected chi connectivity index (χ3v) is 6.51. The molecule has 5 rings (SSSR count). The van der Waals surface area contributed by atoms with Crippen LogP contribution >= 0.6 is 0 Å². The number of rotatable bonds is 1. The second-order valence-corrected chi connectivity index (χ2v) is 8.20. The fourth-order valence-corrected chi connectivity index (χ4v) is 4.86. The number of nitrogens with zero attached hydrogens (tertiary/aromatic N) is 4. The molecule has 0 unspecified atom stereocenters. The van der Waals surface area contributed by atoms with Gasteiger partial charge in [0.15, 0.2) is 5.65 Å². The summed E-state index contributed by atoms with van der Waals surface area (Å²) in [6, 6.07) is 7.36. The van der Waals surface area contributed by atoms with E-state index in [0.29, 0.717) is 39.1 Å². The van der Waals surface area contributed by atoms with Gasteiger partial charge in [-0.05, 0) is 60.4 Å². The number of amides is 1. The largest absolute Gasteiger partial charge is 0.453 e. The molecule has 0 saturated carbocycles. The summed E-state index contributed by atoms with van der Waals surface area (Å²) >= 11 is 0. The van der Waals surface area contributed by atoms with Crippen LogP contribution in [0.3, 0.4) is 0 Å². The zero-order valence-corrected chi connectivity index (χ0v) is 17.5. The average Bonchev–Trinajstić information content (AvgIpc) is 3.30. The Kier molecular flexibility index (Phi) is 5.31. The highest BCUT2D eigenvalue weighted by atomic mass is 19.1. The topological polar surface area (TPSA) is 69.0 Å². The Bertz CT molecular complexity index is 1120. The number of methoxy groups -OCH3 is 1. The van der Waals surface area contributed by atoms with Gasteiger partial charge in [-0.3, -0.25) is 4.40 Å². The normalized spacial score (nSPS) is 17.4. The first-order valence-corrected chi connectivity index (χ1v) is 10.7. The molecule has 0 bridgehead atoms. The van der Waals surface area contributed by atoms with E-state index < -0.39 is 0 Å². The van der Waals surface area contributed by atoms with E-state index in [1.165, 1.54) is 13.2 Å². The summed E-state index contributed by atoms with van der Waals surface area (Å²) in [6.07, 6.45) is 4.43. The molecule has 0 radical (unpaired) electrons. The standard InChI is InChI=1S/C23H25FN4O3/c1-30-23(29)27-9-7-15(8-10-27)19-11-17-13-31-12-16-3-2-4-20(24)18(16)5-6-21(17)28-14-25-26-22(19)28/h2-4,11,14-15H,5-10,12-13H2,1H3. The van der Waals surface area contributed by atoms with Crippen molar-refractivity contribution in [1.82, 2.24) is 19.5 Å². The number of likely N-dealkylation sites (tertiary alicyclic amines) is 1. The minimum atomic E-state index is -0.277. The number of fused-ring (bicyclic) bond motifs is 4. The lowest BCUT2D eigenvalue weighted by Gasteiger charge is -2.31. The van der Waals surface area contributed by atoms with Crippen molar-refractivity contribution in [1.29, 1.82) is 0 Å². The van der Waals surface area contributed by atoms with Gasteiger partial charge in [0.25, 0.3) is 0 Å². The predicted molar refractivity (Wildman–Crippen MR) is 111 cm³/mol. The fourth-order valence-electron chi connectivity index (χ4n) is 4.86. The van der Waals surface area contributed by atoms with Crippen molar-refractivity contribution in [3.63, 3.8) is 0 Å². The summed E-state index contributed by atoms with van der Waals surface area (Å²) in [5.41, 5.74) is 5.74. The Labute approximate surface area is 179 Å². The fraction of sp³-hybridized carbons (Fsp3) is 0.435. The van der Waals surface area contributed by atoms with Crippen LogP contribution in [0.15, 0.2) is 30.6 Å². The second kappa shape index (κ2) is 8.26. The molecule has 0 aliphatic carbocycles. The molecule has 0 spiro atoms. The minimum absolute atomic E-state index is 0.182. The van der Waals surface area contributed by atoms with Crippen LogP contribution in [0, 0.1) is 5.82 Å². The molecule has 0 N–H and O–H groups in total. The SMILES string of the molecule is COC(=O)N1CCC(c2cc3c(n4cnnc24)CCc2c(F)cccc2COC3)CC1. The molecule has 4 heterocycles. The van der Waals surface area contributed by atoms with Gasteiger partial charge in [0.05, 0.1) is 20.3 Å². The summed E-state index contributed by atoms with van der Waals surface area (Å²) in [5.74, 6) is 0.0960. The lowest BCUT2D eigenvalue weighted by molar-refractivity contribution is 0.106. The smallest absolute Gasteiger partial charge is 0.409 e. The van der Waals surface area contributed by atoms with Gasteiger partial charge in [-0.25, -0.2) is 9.18 Å². The summed E-state index contributed by atoms with van der Waals surface area (Å²) in [7, 11) is 1.41. The first-order chi connectivity index (χ1) is 15.2. The summed E-state index contributed by atoms with van der Waals surface area (Å²) < 4.78 is 27.3. The maximum absolute atomic E-state index is 14.4. The summed E-state index contributed by atoms with van der Waals surface area (Å²) in [4.78, 5) is 13.6. The maximum Gasteiger partial charge on any atom is 0.409 e. The van der Waals surface area contributed by atoms with Gasteiger partial charge in [0, 0.05) is 24.3 Å². The number of carbonyl (C=O) groups is 1. The molecule has 2 aliphatic rings. The van der Waals surface area contributed by atoms with E-state index in [-0.39, 0.29) is 17.8 Å². The highest BCUT2D eigenvalue weighted by Crippen LogP contribution is 2.33. The Hall–Kier alpha value is -3.00. The van der Waals surface area contributed by atoms with E-state index in [9.17, 15) is 9.18 Å². The van der Waals surface area contributed by atoms with Crippen LogP contribution in [0.1, 0.15) is 46.7 Å². The molecule has 1 aromatic carbocycles. The van der Waals surface area contributed by atoms with Crippen LogP contribution < -0.4 is 0 Å². The lowest BCUT2D eigenvalue weighted by atomic mass is 9.88. The molecule has 1 saturated heterocycles. The van der Waals surface area contributed by atoms with E-state index in [0.717, 1.165) is 46.4 Å². The Morgan fingerprint density at radius 1 is 1.19 bits per heavy atom. The van der Waals surface area contributed by atoms with Crippen LogP contribution in [0.25, 0.3) is 5.65 Å². The molecular formula is C23H25FN4O3. The van der Waals surface area contributed by atoms with Crippen molar-refractivity contribution in [2.45, 2.75) is 44.8 Å². The van der Waals surface area contributed by atoms with Crippen molar-refractivity contribution < 1.29 is 18.7 Å². The molecule has 0 atom stereocenters. The van der Waals surface area contributed by atoms with Gasteiger partial charge < -0.3 is 14.4 Å². The van der Waals surface area contributed by atoms with Gasteiger partial charge in [-0.2, -0.15) is 0 Å². The number of ether oxygens (including phenoxy) is 2. The number of aromatic nitrogens is 3. The number of carbonyl (C=O) groups excluding carboxylic acids is 1. The number of hydrogen-bond donors (Lipinski definition) is 0. The van der Waals surface area contributed by atoms with Crippen molar-refractivity contribution in [2.75, 3.05) is 20.2 Å². The van der Waals surface area contributed by atoms with Crippen molar-refractivity contribution in [3.8, 4) is 0 Å². The Balaban J connectivity index is 1.48. The van der Waals surface area contributed by atoms with Crippen LogP contribution in [0.2, 0.25) is 0 Å². The average molecular weight is 424 g/mol. The van der Waals surface area contributed by atoms with E-state index in [4.69, 9.17) is 9.47 Å². The Morgan fingerprint density at radius 3 is 2.81 bits per heavy atom. The van der Waals surface area contributed by atoms with Crippen molar-refractivity contribution in [3.05, 3.63) is 64.4 Å². The number of aryl methyl sites for hydroxylation is 1. The first-order valence-electron chi connectivity index (χ1n) is 10.7. The van der Waals surface area contributed by atoms with Gasteiger partial charge in [-0.15, -0.1) is 10.2 Å². The zero-order valence-electron chi connectivity index (χ0n) is 17.5. The highest BCUT2D eigenvalue weighted by Gasteiger charge is 2.28. The van der Waals surface area contributed by atoms with Crippen molar-refractivity contribution >= 4 is 11.7 Å². The molecule has 3 aromatic rings. The summed E-state index contributed by atoms with van der Waals surface area (Å²) in [6.45, 7) is 2.15. The van der Waals surface area contributed by atoms with Gasteiger partial charge in [0.2, 0.25) is 0 Å². The van der Waals surface area contributed by atoms with Crippen molar-refractivity contribution in [2.24, 2.45) is 0 Å². The first kappa shape index (κ1) is 19.9. The number of halogens is 1. The number of benzene rings is 1. The molecule has 7 nitrogen and oxygen atoms in total. The highest BCUT2D eigenvalue weighted by molar-refractivity contribution is 5.67. The third kappa shape index (κ3) is 3.65. The summed E-state index contributed by atoms with van der Waals surface area (Å²) in [5, 5.41) is 8.58. The van der Waals surface area contributed by atoms with Crippen LogP contribution in [-0.2, 0) is 35.5 Å².